The Morgan fingerprint density at radius 1 is 0.966 bits per heavy atom. The Morgan fingerprint density at radius 3 is 1.62 bits per heavy atom. The largest absolute Gasteiger partial charge is 0.478 e. The Labute approximate surface area is 173 Å². The van der Waals surface area contributed by atoms with Crippen LogP contribution in [0.25, 0.3) is 6.08 Å². The maximum absolute atomic E-state index is 10.3. The highest BCUT2D eigenvalue weighted by Gasteiger charge is 1.92. The van der Waals surface area contributed by atoms with E-state index in [-0.39, 0.29) is 17.1 Å². The van der Waals surface area contributed by atoms with Crippen LogP contribution in [0, 0.1) is 0 Å². The summed E-state index contributed by atoms with van der Waals surface area (Å²) in [4.78, 5) is 29.5. The Kier molecular flexibility index (Phi) is 21.8. The molecule has 0 spiro atoms. The molecular weight excluding hydrogens is 372 g/mol. The van der Waals surface area contributed by atoms with Crippen molar-refractivity contribution in [2.24, 2.45) is 0 Å². The number of unbranched alkanes of at least 4 members (excludes halogenated alkanes) is 1. The lowest BCUT2D eigenvalue weighted by molar-refractivity contribution is -0.138. The van der Waals surface area contributed by atoms with Crippen LogP contribution in [0.2, 0.25) is 0 Å². The number of hydrogen-bond acceptors (Lipinski definition) is 4. The van der Waals surface area contributed by atoms with Gasteiger partial charge in [-0.05, 0) is 25.8 Å². The predicted molar refractivity (Wildman–Crippen MR) is 117 cm³/mol. The van der Waals surface area contributed by atoms with Gasteiger partial charge in [0.2, 0.25) is 0 Å². The second-order valence-corrected chi connectivity index (χ2v) is 5.51. The molecule has 29 heavy (non-hydrogen) atoms. The third-order valence-corrected chi connectivity index (χ3v) is 2.67. The topological polar surface area (TPSA) is 101 Å². The van der Waals surface area contributed by atoms with Crippen LogP contribution in [-0.2, 0) is 19.1 Å². The lowest BCUT2D eigenvalue weighted by atomic mass is 10.2. The van der Waals surface area contributed by atoms with Gasteiger partial charge in [-0.1, -0.05) is 76.1 Å². The third kappa shape index (κ3) is 26.9. The minimum absolute atomic E-state index is 0.176. The molecule has 2 N–H and O–H groups in total. The van der Waals surface area contributed by atoms with Gasteiger partial charge < -0.3 is 14.9 Å². The normalized spacial score (nSPS) is 8.10. The smallest absolute Gasteiger partial charge is 0.330 e. The van der Waals surface area contributed by atoms with E-state index in [0.29, 0.717) is 6.61 Å². The second kappa shape index (κ2) is 20.9. The van der Waals surface area contributed by atoms with E-state index in [0.717, 1.165) is 12.8 Å². The van der Waals surface area contributed by atoms with Gasteiger partial charge in [-0.2, -0.15) is 0 Å². The zero-order valence-electron chi connectivity index (χ0n) is 17.5. The SMILES string of the molecule is C=C(C)C(=O)O.C=C(C)C(=O)O.C=CC(=O)OCCCC.C=Cc1ccccc1. The molecule has 0 fully saturated rings. The maximum Gasteiger partial charge on any atom is 0.330 e. The highest BCUT2D eigenvalue weighted by atomic mass is 16.5. The standard InChI is InChI=1S/C8H8.C7H12O2.2C4H6O2/c1-2-8-6-4-3-5-7-8;1-3-5-6-9-7(8)4-2;2*1-3(2)4(5)6/h2-7H,1H2;4H,2-3,5-6H2,1H3;2*1H2,2H3,(H,5,6). The summed E-state index contributed by atoms with van der Waals surface area (Å²) in [5, 5.41) is 15.8. The highest BCUT2D eigenvalue weighted by Crippen LogP contribution is 1.97. The summed E-state index contributed by atoms with van der Waals surface area (Å²) < 4.78 is 4.67. The number of hydrogen-bond donors (Lipinski definition) is 2. The molecule has 0 heterocycles. The zero-order valence-corrected chi connectivity index (χ0v) is 17.5. The summed E-state index contributed by atoms with van der Waals surface area (Å²) in [6.07, 6.45) is 4.99. The molecule has 0 aliphatic rings. The van der Waals surface area contributed by atoms with E-state index in [1.165, 1.54) is 25.5 Å². The maximum atomic E-state index is 10.3. The van der Waals surface area contributed by atoms with E-state index >= 15 is 0 Å². The number of carboxylic acid groups (broad SMARTS) is 2. The first-order valence-electron chi connectivity index (χ1n) is 8.77. The fourth-order valence-electron chi connectivity index (χ4n) is 0.965. The first-order chi connectivity index (χ1) is 13.5. The van der Waals surface area contributed by atoms with Crippen LogP contribution < -0.4 is 0 Å². The van der Waals surface area contributed by atoms with Crippen LogP contribution in [0.15, 0.2) is 73.9 Å². The van der Waals surface area contributed by atoms with Gasteiger partial charge in [0.15, 0.2) is 0 Å². The number of aliphatic carboxylic acids is 2. The van der Waals surface area contributed by atoms with Crippen molar-refractivity contribution in [3.63, 3.8) is 0 Å². The summed E-state index contributed by atoms with van der Waals surface area (Å²) in [6.45, 7) is 18.7. The molecule has 0 amide bonds. The molecule has 6 heteroatoms. The molecule has 0 unspecified atom stereocenters. The van der Waals surface area contributed by atoms with E-state index in [1.54, 1.807) is 0 Å². The van der Waals surface area contributed by atoms with Gasteiger partial charge >= 0.3 is 17.9 Å². The molecule has 1 rings (SSSR count). The van der Waals surface area contributed by atoms with Gasteiger partial charge in [-0.15, -0.1) is 0 Å². The van der Waals surface area contributed by atoms with Gasteiger partial charge in [-0.3, -0.25) is 0 Å². The number of carboxylic acids is 2. The number of carbonyl (C=O) groups excluding carboxylic acids is 1. The van der Waals surface area contributed by atoms with Crippen LogP contribution in [-0.4, -0.2) is 34.7 Å². The molecule has 1 aromatic carbocycles. The molecule has 0 atom stereocenters. The average Bonchev–Trinajstić information content (AvgIpc) is 2.70. The summed E-state index contributed by atoms with van der Waals surface area (Å²) >= 11 is 0. The Balaban J connectivity index is -0.000000316. The Morgan fingerprint density at radius 2 is 1.38 bits per heavy atom. The zero-order chi connectivity index (χ0) is 23.2. The van der Waals surface area contributed by atoms with Crippen LogP contribution in [0.4, 0.5) is 0 Å². The van der Waals surface area contributed by atoms with Crippen molar-refractivity contribution in [2.45, 2.75) is 33.6 Å². The van der Waals surface area contributed by atoms with E-state index in [2.05, 4.69) is 31.1 Å². The van der Waals surface area contributed by atoms with Gasteiger partial charge in [0, 0.05) is 17.2 Å². The van der Waals surface area contributed by atoms with E-state index in [4.69, 9.17) is 10.2 Å². The Hall–Kier alpha value is -3.41. The summed E-state index contributed by atoms with van der Waals surface area (Å²) in [7, 11) is 0. The van der Waals surface area contributed by atoms with Crippen molar-refractivity contribution in [1.29, 1.82) is 0 Å². The molecule has 0 aromatic heterocycles. The van der Waals surface area contributed by atoms with Gasteiger partial charge in [-0.25, -0.2) is 14.4 Å². The van der Waals surface area contributed by atoms with Crippen LogP contribution in [0.3, 0.4) is 0 Å². The number of benzene rings is 1. The first-order valence-corrected chi connectivity index (χ1v) is 8.77. The van der Waals surface area contributed by atoms with Gasteiger partial charge in [0.25, 0.3) is 0 Å². The number of esters is 1. The molecule has 0 saturated carbocycles. The van der Waals surface area contributed by atoms with E-state index < -0.39 is 11.9 Å². The highest BCUT2D eigenvalue weighted by molar-refractivity contribution is 5.85. The van der Waals surface area contributed by atoms with Crippen molar-refractivity contribution in [3.05, 3.63) is 79.4 Å². The number of ether oxygens (including phenoxy) is 1. The summed E-state index contributed by atoms with van der Waals surface area (Å²) in [6, 6.07) is 10.0. The predicted octanol–water partition coefficient (Wildman–Crippen LogP) is 5.14. The van der Waals surface area contributed by atoms with Crippen molar-refractivity contribution < 1.29 is 29.3 Å². The quantitative estimate of drug-likeness (QED) is 0.371. The lowest BCUT2D eigenvalue weighted by Gasteiger charge is -1.97. The minimum Gasteiger partial charge on any atom is -0.478 e. The molecule has 160 valence electrons. The number of carbonyl (C=O) groups is 3. The van der Waals surface area contributed by atoms with Crippen molar-refractivity contribution in [2.75, 3.05) is 6.61 Å². The molecule has 6 nitrogen and oxygen atoms in total. The van der Waals surface area contributed by atoms with E-state index in [1.807, 2.05) is 43.3 Å². The van der Waals surface area contributed by atoms with Crippen LogP contribution in [0.1, 0.15) is 39.2 Å². The molecule has 0 radical (unpaired) electrons. The molecule has 0 bridgehead atoms. The number of rotatable bonds is 7. The van der Waals surface area contributed by atoms with Gasteiger partial charge in [0.1, 0.15) is 0 Å². The molecule has 0 saturated heterocycles. The minimum atomic E-state index is -0.935. The fourth-order valence-corrected chi connectivity index (χ4v) is 0.965. The average molecular weight is 405 g/mol. The fraction of sp³-hybridized carbons (Fsp3) is 0.261. The Bertz CT molecular complexity index is 611. The molecule has 1 aromatic rings. The van der Waals surface area contributed by atoms with Crippen LogP contribution in [0.5, 0.6) is 0 Å². The van der Waals surface area contributed by atoms with Crippen molar-refractivity contribution >= 4 is 24.0 Å². The molecule has 0 aliphatic carbocycles. The lowest BCUT2D eigenvalue weighted by Crippen LogP contribution is -2.00. The summed E-state index contributed by atoms with van der Waals surface area (Å²) in [5.74, 6) is -2.20. The van der Waals surface area contributed by atoms with Crippen molar-refractivity contribution in [1.82, 2.24) is 0 Å². The monoisotopic (exact) mass is 404 g/mol. The molecular formula is C23H32O6. The van der Waals surface area contributed by atoms with Crippen molar-refractivity contribution in [3.8, 4) is 0 Å². The molecule has 0 aliphatic heterocycles. The van der Waals surface area contributed by atoms with Crippen LogP contribution >= 0.6 is 0 Å². The second-order valence-electron chi connectivity index (χ2n) is 5.51. The first kappa shape index (κ1) is 30.3. The summed E-state index contributed by atoms with van der Waals surface area (Å²) in [5.41, 5.74) is 1.53. The van der Waals surface area contributed by atoms with E-state index in [9.17, 15) is 14.4 Å². The van der Waals surface area contributed by atoms with Gasteiger partial charge in [0.05, 0.1) is 6.61 Å². The third-order valence-electron chi connectivity index (χ3n) is 2.67.